The van der Waals surface area contributed by atoms with Crippen LogP contribution in [-0.2, 0) is 19.6 Å². The van der Waals surface area contributed by atoms with E-state index < -0.39 is 0 Å². The van der Waals surface area contributed by atoms with Crippen LogP contribution in [0.4, 0.5) is 0 Å². The summed E-state index contributed by atoms with van der Waals surface area (Å²) in [6, 6.07) is 8.04. The zero-order chi connectivity index (χ0) is 17.8. The molecule has 0 aromatic carbocycles. The molecule has 0 N–H and O–H groups in total. The first-order chi connectivity index (χ1) is 12.8. The summed E-state index contributed by atoms with van der Waals surface area (Å²) in [5.74, 6) is 0.657. The van der Waals surface area contributed by atoms with Crippen LogP contribution in [0.5, 0.6) is 5.88 Å². The molecule has 0 bridgehead atoms. The SMILES string of the molecule is Cc1cncc(CN2Cc3ccnn3CC[C@@H]2COc2ccccn2)n1. The zero-order valence-electron chi connectivity index (χ0n) is 14.8. The largest absolute Gasteiger partial charge is 0.476 e. The molecule has 134 valence electrons. The molecule has 0 radical (unpaired) electrons. The highest BCUT2D eigenvalue weighted by Gasteiger charge is 2.25. The van der Waals surface area contributed by atoms with Crippen molar-refractivity contribution in [2.24, 2.45) is 0 Å². The second kappa shape index (κ2) is 7.61. The Morgan fingerprint density at radius 2 is 2.15 bits per heavy atom. The van der Waals surface area contributed by atoms with Gasteiger partial charge in [-0.25, -0.2) is 4.98 Å². The van der Waals surface area contributed by atoms with Crippen molar-refractivity contribution in [3.63, 3.8) is 0 Å². The fourth-order valence-electron chi connectivity index (χ4n) is 3.27. The number of pyridine rings is 1. The monoisotopic (exact) mass is 350 g/mol. The predicted molar refractivity (Wildman–Crippen MR) is 96.4 cm³/mol. The van der Waals surface area contributed by atoms with Crippen LogP contribution in [-0.4, -0.2) is 42.3 Å². The van der Waals surface area contributed by atoms with Gasteiger partial charge in [0.05, 0.1) is 17.1 Å². The molecule has 0 saturated heterocycles. The van der Waals surface area contributed by atoms with E-state index in [4.69, 9.17) is 4.74 Å². The third kappa shape index (κ3) is 3.88. The molecule has 7 heteroatoms. The first kappa shape index (κ1) is 16.7. The molecule has 0 amide bonds. The Bertz CT molecular complexity index is 850. The van der Waals surface area contributed by atoms with E-state index >= 15 is 0 Å². The Balaban J connectivity index is 1.52. The van der Waals surface area contributed by atoms with E-state index in [0.29, 0.717) is 12.5 Å². The number of fused-ring (bicyclic) bond motifs is 1. The van der Waals surface area contributed by atoms with Crippen LogP contribution >= 0.6 is 0 Å². The number of hydrogen-bond acceptors (Lipinski definition) is 6. The maximum absolute atomic E-state index is 5.95. The summed E-state index contributed by atoms with van der Waals surface area (Å²) in [6.07, 6.45) is 8.19. The van der Waals surface area contributed by atoms with Crippen molar-refractivity contribution < 1.29 is 4.74 Å². The predicted octanol–water partition coefficient (Wildman–Crippen LogP) is 2.23. The Labute approximate surface area is 152 Å². The molecule has 3 aromatic heterocycles. The van der Waals surface area contributed by atoms with Gasteiger partial charge in [0, 0.05) is 56.5 Å². The standard InChI is InChI=1S/C19H22N6O/c1-15-10-20-11-16(23-15)12-24-13-17-5-8-22-25(17)9-6-18(24)14-26-19-4-2-3-7-21-19/h2-5,7-8,10-11,18H,6,9,12-14H2,1H3/t18-/m1/s1. The molecule has 0 saturated carbocycles. The van der Waals surface area contributed by atoms with Gasteiger partial charge < -0.3 is 4.74 Å². The fraction of sp³-hybridized carbons (Fsp3) is 0.368. The molecule has 4 rings (SSSR count). The molecule has 26 heavy (non-hydrogen) atoms. The summed E-state index contributed by atoms with van der Waals surface area (Å²) in [6.45, 7) is 4.98. The molecule has 0 fully saturated rings. The number of ether oxygens (including phenoxy) is 1. The molecular formula is C19H22N6O. The summed E-state index contributed by atoms with van der Waals surface area (Å²) < 4.78 is 8.03. The minimum Gasteiger partial charge on any atom is -0.476 e. The maximum atomic E-state index is 5.95. The summed E-state index contributed by atoms with van der Waals surface area (Å²) >= 11 is 0. The summed E-state index contributed by atoms with van der Waals surface area (Å²) in [7, 11) is 0. The van der Waals surface area contributed by atoms with Gasteiger partial charge in [0.2, 0.25) is 5.88 Å². The van der Waals surface area contributed by atoms with Crippen LogP contribution in [0, 0.1) is 6.92 Å². The van der Waals surface area contributed by atoms with Gasteiger partial charge in [-0.3, -0.25) is 19.5 Å². The van der Waals surface area contributed by atoms with E-state index in [1.807, 2.05) is 37.5 Å². The van der Waals surface area contributed by atoms with Crippen LogP contribution in [0.15, 0.2) is 49.1 Å². The molecule has 1 aliphatic heterocycles. The lowest BCUT2D eigenvalue weighted by Crippen LogP contribution is -2.38. The highest BCUT2D eigenvalue weighted by Crippen LogP contribution is 2.20. The molecule has 0 aliphatic carbocycles. The third-order valence-corrected chi connectivity index (χ3v) is 4.59. The number of aryl methyl sites for hydroxylation is 2. The average Bonchev–Trinajstić information content (AvgIpc) is 3.03. The lowest BCUT2D eigenvalue weighted by molar-refractivity contribution is 0.114. The highest BCUT2D eigenvalue weighted by atomic mass is 16.5. The highest BCUT2D eigenvalue weighted by molar-refractivity contribution is 5.10. The Kier molecular flexibility index (Phi) is 4.88. The van der Waals surface area contributed by atoms with E-state index in [-0.39, 0.29) is 6.04 Å². The Morgan fingerprint density at radius 3 is 3.00 bits per heavy atom. The van der Waals surface area contributed by atoms with E-state index in [1.165, 1.54) is 5.69 Å². The Morgan fingerprint density at radius 1 is 1.19 bits per heavy atom. The topological polar surface area (TPSA) is 69.0 Å². The van der Waals surface area contributed by atoms with Crippen molar-refractivity contribution in [2.45, 2.75) is 39.0 Å². The molecule has 7 nitrogen and oxygen atoms in total. The van der Waals surface area contributed by atoms with E-state index in [0.717, 1.165) is 37.4 Å². The third-order valence-electron chi connectivity index (χ3n) is 4.59. The summed E-state index contributed by atoms with van der Waals surface area (Å²) in [5.41, 5.74) is 3.12. The van der Waals surface area contributed by atoms with Gasteiger partial charge in [-0.1, -0.05) is 6.07 Å². The van der Waals surface area contributed by atoms with Crippen LogP contribution in [0.1, 0.15) is 23.5 Å². The molecule has 1 aliphatic rings. The lowest BCUT2D eigenvalue weighted by Gasteiger charge is -2.29. The number of nitrogens with zero attached hydrogens (tertiary/aromatic N) is 6. The van der Waals surface area contributed by atoms with Gasteiger partial charge in [0.25, 0.3) is 0 Å². The van der Waals surface area contributed by atoms with Crippen molar-refractivity contribution >= 4 is 0 Å². The van der Waals surface area contributed by atoms with Crippen molar-refractivity contribution in [3.05, 3.63) is 66.1 Å². The number of aromatic nitrogens is 5. The molecule has 0 spiro atoms. The van der Waals surface area contributed by atoms with Gasteiger partial charge in [-0.15, -0.1) is 0 Å². The van der Waals surface area contributed by atoms with Crippen molar-refractivity contribution in [2.75, 3.05) is 6.61 Å². The van der Waals surface area contributed by atoms with E-state index in [9.17, 15) is 0 Å². The fourth-order valence-corrected chi connectivity index (χ4v) is 3.27. The van der Waals surface area contributed by atoms with Crippen LogP contribution < -0.4 is 4.74 Å². The summed E-state index contributed by atoms with van der Waals surface area (Å²) in [5, 5.41) is 4.43. The Hall–Kier alpha value is -2.80. The second-order valence-corrected chi connectivity index (χ2v) is 6.52. The minimum absolute atomic E-state index is 0.251. The van der Waals surface area contributed by atoms with Gasteiger partial charge >= 0.3 is 0 Å². The van der Waals surface area contributed by atoms with Crippen LogP contribution in [0.3, 0.4) is 0 Å². The van der Waals surface area contributed by atoms with E-state index in [2.05, 4.69) is 35.7 Å². The average molecular weight is 350 g/mol. The van der Waals surface area contributed by atoms with Gasteiger partial charge in [0.15, 0.2) is 0 Å². The molecule has 0 unspecified atom stereocenters. The summed E-state index contributed by atoms with van der Waals surface area (Å²) in [4.78, 5) is 15.5. The molecule has 4 heterocycles. The normalized spacial score (nSPS) is 17.5. The zero-order valence-corrected chi connectivity index (χ0v) is 14.8. The van der Waals surface area contributed by atoms with Crippen LogP contribution in [0.2, 0.25) is 0 Å². The minimum atomic E-state index is 0.251. The lowest BCUT2D eigenvalue weighted by atomic mass is 10.2. The van der Waals surface area contributed by atoms with E-state index in [1.54, 1.807) is 12.4 Å². The van der Waals surface area contributed by atoms with Gasteiger partial charge in [0.1, 0.15) is 6.61 Å². The van der Waals surface area contributed by atoms with Crippen molar-refractivity contribution in [1.82, 2.24) is 29.6 Å². The second-order valence-electron chi connectivity index (χ2n) is 6.52. The molecule has 1 atom stereocenters. The van der Waals surface area contributed by atoms with Gasteiger partial charge in [-0.2, -0.15) is 5.10 Å². The van der Waals surface area contributed by atoms with Crippen molar-refractivity contribution in [3.8, 4) is 5.88 Å². The maximum Gasteiger partial charge on any atom is 0.213 e. The first-order valence-corrected chi connectivity index (χ1v) is 8.84. The number of hydrogen-bond donors (Lipinski definition) is 0. The van der Waals surface area contributed by atoms with Crippen molar-refractivity contribution in [1.29, 1.82) is 0 Å². The smallest absolute Gasteiger partial charge is 0.213 e. The quantitative estimate of drug-likeness (QED) is 0.703. The molecular weight excluding hydrogens is 328 g/mol. The number of rotatable bonds is 5. The molecule has 3 aromatic rings. The first-order valence-electron chi connectivity index (χ1n) is 8.84. The van der Waals surface area contributed by atoms with Crippen LogP contribution in [0.25, 0.3) is 0 Å². The van der Waals surface area contributed by atoms with Gasteiger partial charge in [-0.05, 0) is 25.5 Å².